The highest BCUT2D eigenvalue weighted by Crippen LogP contribution is 2.29. The quantitative estimate of drug-likeness (QED) is 0.781. The van der Waals surface area contributed by atoms with Gasteiger partial charge in [-0.05, 0) is 37.1 Å². The van der Waals surface area contributed by atoms with Crippen LogP contribution in [0.5, 0.6) is 5.75 Å². The van der Waals surface area contributed by atoms with E-state index in [0.717, 1.165) is 70.1 Å². The molecule has 5 nitrogen and oxygen atoms in total. The monoisotopic (exact) mass is 393 g/mol. The van der Waals surface area contributed by atoms with Crippen molar-refractivity contribution in [1.82, 2.24) is 9.80 Å². The minimum atomic E-state index is 0.130. The Balaban J connectivity index is 1.32. The highest BCUT2D eigenvalue weighted by molar-refractivity contribution is 5.79. The molecule has 0 aromatic heterocycles. The van der Waals surface area contributed by atoms with Gasteiger partial charge in [0.25, 0.3) is 0 Å². The molecule has 0 saturated carbocycles. The molecule has 5 heteroatoms. The summed E-state index contributed by atoms with van der Waals surface area (Å²) in [7, 11) is 1.71. The van der Waals surface area contributed by atoms with Crippen molar-refractivity contribution >= 4 is 11.6 Å². The van der Waals surface area contributed by atoms with E-state index in [4.69, 9.17) is 4.74 Å². The molecular weight excluding hydrogens is 362 g/mol. The largest absolute Gasteiger partial charge is 0.495 e. The van der Waals surface area contributed by atoms with E-state index in [0.29, 0.717) is 5.91 Å². The molecule has 2 aliphatic rings. The summed E-state index contributed by atoms with van der Waals surface area (Å²) >= 11 is 0. The van der Waals surface area contributed by atoms with E-state index >= 15 is 0 Å². The SMILES string of the molecule is COc1ccccc1N1CCN(C(=O)[C@H]2CCCN(Cc3ccccc3)C2)CC1. The molecule has 2 saturated heterocycles. The van der Waals surface area contributed by atoms with E-state index in [9.17, 15) is 4.79 Å². The van der Waals surface area contributed by atoms with Gasteiger partial charge in [0.2, 0.25) is 5.91 Å². The van der Waals surface area contributed by atoms with Crippen molar-refractivity contribution in [2.24, 2.45) is 5.92 Å². The van der Waals surface area contributed by atoms with Gasteiger partial charge >= 0.3 is 0 Å². The first-order valence-corrected chi connectivity index (χ1v) is 10.7. The van der Waals surface area contributed by atoms with Crippen molar-refractivity contribution in [2.45, 2.75) is 19.4 Å². The normalized spacial score (nSPS) is 20.5. The van der Waals surface area contributed by atoms with Gasteiger partial charge in [0.05, 0.1) is 18.7 Å². The van der Waals surface area contributed by atoms with Crippen LogP contribution in [-0.4, -0.2) is 62.1 Å². The summed E-state index contributed by atoms with van der Waals surface area (Å²) in [5, 5.41) is 0. The molecule has 0 unspecified atom stereocenters. The van der Waals surface area contributed by atoms with Gasteiger partial charge < -0.3 is 14.5 Å². The molecule has 154 valence electrons. The number of carbonyl (C=O) groups excluding carboxylic acids is 1. The van der Waals surface area contributed by atoms with Gasteiger partial charge in [-0.1, -0.05) is 42.5 Å². The second-order valence-electron chi connectivity index (χ2n) is 8.04. The van der Waals surface area contributed by atoms with Gasteiger partial charge in [-0.2, -0.15) is 0 Å². The van der Waals surface area contributed by atoms with Crippen molar-refractivity contribution in [3.8, 4) is 5.75 Å². The van der Waals surface area contributed by atoms with Crippen LogP contribution in [0.2, 0.25) is 0 Å². The Labute approximate surface area is 173 Å². The van der Waals surface area contributed by atoms with Gasteiger partial charge in [0.1, 0.15) is 5.75 Å². The summed E-state index contributed by atoms with van der Waals surface area (Å²) in [4.78, 5) is 20.0. The van der Waals surface area contributed by atoms with Crippen molar-refractivity contribution in [3.63, 3.8) is 0 Å². The van der Waals surface area contributed by atoms with Crippen molar-refractivity contribution in [2.75, 3.05) is 51.3 Å². The first-order valence-electron chi connectivity index (χ1n) is 10.7. The fraction of sp³-hybridized carbons (Fsp3) is 0.458. The van der Waals surface area contributed by atoms with Crippen molar-refractivity contribution in [1.29, 1.82) is 0 Å². The molecule has 0 N–H and O–H groups in total. The molecule has 4 rings (SSSR count). The molecule has 0 radical (unpaired) electrons. The molecule has 2 aromatic rings. The summed E-state index contributed by atoms with van der Waals surface area (Å²) in [5.74, 6) is 1.36. The van der Waals surface area contributed by atoms with Crippen LogP contribution in [0.1, 0.15) is 18.4 Å². The van der Waals surface area contributed by atoms with Crippen LogP contribution in [0.25, 0.3) is 0 Å². The third-order valence-electron chi connectivity index (χ3n) is 6.12. The lowest BCUT2D eigenvalue weighted by atomic mass is 9.95. The Morgan fingerprint density at radius 1 is 0.966 bits per heavy atom. The number of methoxy groups -OCH3 is 1. The van der Waals surface area contributed by atoms with Crippen LogP contribution in [0.15, 0.2) is 54.6 Å². The summed E-state index contributed by atoms with van der Waals surface area (Å²) in [5.41, 5.74) is 2.44. The van der Waals surface area contributed by atoms with Gasteiger partial charge in [0, 0.05) is 39.3 Å². The van der Waals surface area contributed by atoms with E-state index in [-0.39, 0.29) is 5.92 Å². The molecule has 29 heavy (non-hydrogen) atoms. The number of likely N-dealkylation sites (tertiary alicyclic amines) is 1. The molecule has 0 aliphatic carbocycles. The zero-order valence-electron chi connectivity index (χ0n) is 17.3. The maximum atomic E-state index is 13.2. The van der Waals surface area contributed by atoms with Crippen molar-refractivity contribution < 1.29 is 9.53 Å². The fourth-order valence-electron chi connectivity index (χ4n) is 4.56. The number of hydrogen-bond acceptors (Lipinski definition) is 4. The number of anilines is 1. The lowest BCUT2D eigenvalue weighted by Crippen LogP contribution is -2.52. The second-order valence-corrected chi connectivity index (χ2v) is 8.04. The second kappa shape index (κ2) is 9.31. The Hall–Kier alpha value is -2.53. The predicted molar refractivity (Wildman–Crippen MR) is 116 cm³/mol. The molecule has 2 aliphatic heterocycles. The topological polar surface area (TPSA) is 36.0 Å². The number of rotatable bonds is 5. The zero-order chi connectivity index (χ0) is 20.1. The van der Waals surface area contributed by atoms with Crippen LogP contribution >= 0.6 is 0 Å². The Bertz CT molecular complexity index is 803. The Morgan fingerprint density at radius 3 is 2.45 bits per heavy atom. The third kappa shape index (κ3) is 4.73. The number of para-hydroxylation sites is 2. The number of hydrogen-bond donors (Lipinski definition) is 0. The Morgan fingerprint density at radius 2 is 1.69 bits per heavy atom. The molecule has 0 spiro atoms. The van der Waals surface area contributed by atoms with Gasteiger partial charge in [0.15, 0.2) is 0 Å². The van der Waals surface area contributed by atoms with E-state index in [2.05, 4.69) is 51.1 Å². The molecular formula is C24H31N3O2. The summed E-state index contributed by atoms with van der Waals surface area (Å²) in [6.07, 6.45) is 2.11. The first kappa shape index (κ1) is 19.8. The Kier molecular flexibility index (Phi) is 6.35. The summed E-state index contributed by atoms with van der Waals surface area (Å²) in [6, 6.07) is 18.7. The highest BCUT2D eigenvalue weighted by Gasteiger charge is 2.31. The molecule has 0 bridgehead atoms. The van der Waals surface area contributed by atoms with Crippen LogP contribution < -0.4 is 9.64 Å². The lowest BCUT2D eigenvalue weighted by molar-refractivity contribution is -0.137. The van der Waals surface area contributed by atoms with E-state index in [1.54, 1.807) is 7.11 Å². The fourth-order valence-corrected chi connectivity index (χ4v) is 4.56. The molecule has 1 amide bonds. The van der Waals surface area contributed by atoms with E-state index in [1.165, 1.54) is 5.56 Å². The summed E-state index contributed by atoms with van der Waals surface area (Å²) in [6.45, 7) is 6.17. The van der Waals surface area contributed by atoms with Gasteiger partial charge in [-0.15, -0.1) is 0 Å². The smallest absolute Gasteiger partial charge is 0.227 e. The zero-order valence-corrected chi connectivity index (χ0v) is 17.3. The average Bonchev–Trinajstić information content (AvgIpc) is 2.79. The maximum absolute atomic E-state index is 13.2. The molecule has 1 atom stereocenters. The van der Waals surface area contributed by atoms with Crippen LogP contribution in [0.3, 0.4) is 0 Å². The molecule has 2 heterocycles. The molecule has 2 aromatic carbocycles. The first-order chi connectivity index (χ1) is 14.2. The van der Waals surface area contributed by atoms with E-state index < -0.39 is 0 Å². The number of nitrogens with zero attached hydrogens (tertiary/aromatic N) is 3. The molecule has 2 fully saturated rings. The number of amides is 1. The minimum Gasteiger partial charge on any atom is -0.495 e. The summed E-state index contributed by atoms with van der Waals surface area (Å²) < 4.78 is 5.50. The standard InChI is InChI=1S/C24H31N3O2/c1-29-23-12-6-5-11-22(23)26-14-16-27(17-15-26)24(28)21-10-7-13-25(19-21)18-20-8-3-2-4-9-20/h2-6,8-9,11-12,21H,7,10,13-19H2,1H3/t21-/m0/s1. The predicted octanol–water partition coefficient (Wildman–Crippen LogP) is 3.26. The average molecular weight is 394 g/mol. The number of carbonyl (C=O) groups is 1. The number of ether oxygens (including phenoxy) is 1. The minimum absolute atomic E-state index is 0.130. The third-order valence-corrected chi connectivity index (χ3v) is 6.12. The number of piperidine rings is 1. The maximum Gasteiger partial charge on any atom is 0.227 e. The van der Waals surface area contributed by atoms with Crippen molar-refractivity contribution in [3.05, 3.63) is 60.2 Å². The van der Waals surface area contributed by atoms with E-state index in [1.807, 2.05) is 18.2 Å². The lowest BCUT2D eigenvalue weighted by Gasteiger charge is -2.40. The highest BCUT2D eigenvalue weighted by atomic mass is 16.5. The van der Waals surface area contributed by atoms with Gasteiger partial charge in [-0.25, -0.2) is 0 Å². The number of piperazine rings is 1. The van der Waals surface area contributed by atoms with Crippen LogP contribution in [0, 0.1) is 5.92 Å². The number of benzene rings is 2. The van der Waals surface area contributed by atoms with Crippen LogP contribution in [0.4, 0.5) is 5.69 Å². The van der Waals surface area contributed by atoms with Crippen LogP contribution in [-0.2, 0) is 11.3 Å². The van der Waals surface area contributed by atoms with Gasteiger partial charge in [-0.3, -0.25) is 9.69 Å².